The van der Waals surface area contributed by atoms with Crippen LogP contribution in [0.5, 0.6) is 23.0 Å². The number of anilines is 1. The number of amides is 2. The summed E-state index contributed by atoms with van der Waals surface area (Å²) in [6, 6.07) is 12.3. The van der Waals surface area contributed by atoms with Gasteiger partial charge in [-0.1, -0.05) is 12.5 Å². The van der Waals surface area contributed by atoms with Crippen LogP contribution in [0.3, 0.4) is 0 Å². The Morgan fingerprint density at radius 2 is 1.93 bits per heavy atom. The van der Waals surface area contributed by atoms with Crippen LogP contribution in [0.1, 0.15) is 31.2 Å². The molecule has 42 heavy (non-hydrogen) atoms. The Bertz CT molecular complexity index is 1530. The number of benzene rings is 2. The number of aromatic nitrogens is 2. The molecule has 2 aromatic carbocycles. The van der Waals surface area contributed by atoms with Crippen LogP contribution in [-0.2, 0) is 0 Å². The van der Waals surface area contributed by atoms with Gasteiger partial charge in [0.1, 0.15) is 5.75 Å². The number of fused-ring (bicyclic) bond motifs is 1. The van der Waals surface area contributed by atoms with Crippen LogP contribution in [0.15, 0.2) is 72.2 Å². The maximum atomic E-state index is 15.0. The quantitative estimate of drug-likeness (QED) is 0.129. The van der Waals surface area contributed by atoms with Crippen molar-refractivity contribution in [3.63, 3.8) is 0 Å². The van der Waals surface area contributed by atoms with Gasteiger partial charge in [-0.2, -0.15) is 5.10 Å². The SMILES string of the molecule is COc1cc2c(Oc3ccc(NC(=O)N/N=C/c4cccnc4)cc3F)ccnc2cc1OCCCN1CCCCC1. The van der Waals surface area contributed by atoms with E-state index in [1.54, 1.807) is 56.0 Å². The molecule has 11 heteroatoms. The molecule has 10 nitrogen and oxygen atoms in total. The highest BCUT2D eigenvalue weighted by atomic mass is 19.1. The third kappa shape index (κ3) is 7.70. The van der Waals surface area contributed by atoms with E-state index in [0.717, 1.165) is 31.6 Å². The van der Waals surface area contributed by atoms with Crippen molar-refractivity contribution in [2.75, 3.05) is 38.7 Å². The zero-order valence-corrected chi connectivity index (χ0v) is 23.4. The second kappa shape index (κ2) is 14.2. The number of methoxy groups -OCH3 is 1. The van der Waals surface area contributed by atoms with Gasteiger partial charge in [-0.25, -0.2) is 14.6 Å². The molecule has 0 unspecified atom stereocenters. The van der Waals surface area contributed by atoms with Gasteiger partial charge in [0, 0.05) is 53.9 Å². The molecular formula is C31H33FN6O4. The molecule has 1 saturated heterocycles. The minimum absolute atomic E-state index is 0.0138. The molecule has 1 aliphatic rings. The Kier molecular flexibility index (Phi) is 9.73. The van der Waals surface area contributed by atoms with Gasteiger partial charge in [0.15, 0.2) is 23.1 Å². The van der Waals surface area contributed by atoms with Crippen molar-refractivity contribution in [1.82, 2.24) is 20.3 Å². The van der Waals surface area contributed by atoms with Gasteiger partial charge in [-0.3, -0.25) is 9.97 Å². The standard InChI is InChI=1S/C31H33FN6O4/c1-40-29-18-24-26(19-30(29)41-16-6-15-38-13-3-2-4-14-38)34-12-10-27(24)42-28-9-8-23(17-25(28)32)36-31(39)37-35-21-22-7-5-11-33-20-22/h5,7-12,17-21H,2-4,6,13-16H2,1H3,(H2,36,37,39)/b35-21+. The topological polar surface area (TPSA) is 110 Å². The number of carbonyl (C=O) groups is 1. The van der Waals surface area contributed by atoms with Crippen molar-refractivity contribution in [2.45, 2.75) is 25.7 Å². The average Bonchev–Trinajstić information content (AvgIpc) is 3.01. The summed E-state index contributed by atoms with van der Waals surface area (Å²) in [6.07, 6.45) is 11.0. The van der Waals surface area contributed by atoms with Crippen LogP contribution in [-0.4, -0.2) is 60.5 Å². The second-order valence-electron chi connectivity index (χ2n) is 9.79. The molecule has 4 aromatic rings. The van der Waals surface area contributed by atoms with Gasteiger partial charge >= 0.3 is 6.03 Å². The first kappa shape index (κ1) is 28.7. The molecule has 0 saturated carbocycles. The van der Waals surface area contributed by atoms with Crippen LogP contribution in [0.25, 0.3) is 10.9 Å². The van der Waals surface area contributed by atoms with Crippen molar-refractivity contribution in [1.29, 1.82) is 0 Å². The second-order valence-corrected chi connectivity index (χ2v) is 9.79. The lowest BCUT2D eigenvalue weighted by Crippen LogP contribution is -2.31. The van der Waals surface area contributed by atoms with Crippen LogP contribution in [0.4, 0.5) is 14.9 Å². The number of ether oxygens (including phenoxy) is 3. The largest absolute Gasteiger partial charge is 0.493 e. The number of pyridine rings is 2. The smallest absolute Gasteiger partial charge is 0.339 e. The van der Waals surface area contributed by atoms with E-state index in [2.05, 4.69) is 30.7 Å². The van der Waals surface area contributed by atoms with Crippen molar-refractivity contribution < 1.29 is 23.4 Å². The van der Waals surface area contributed by atoms with Gasteiger partial charge in [0.05, 0.1) is 25.4 Å². The fourth-order valence-corrected chi connectivity index (χ4v) is 4.70. The Morgan fingerprint density at radius 3 is 2.71 bits per heavy atom. The highest BCUT2D eigenvalue weighted by molar-refractivity contribution is 5.90. The van der Waals surface area contributed by atoms with Gasteiger partial charge in [-0.05, 0) is 62.7 Å². The molecule has 218 valence electrons. The summed E-state index contributed by atoms with van der Waals surface area (Å²) in [5, 5.41) is 7.02. The molecule has 0 aliphatic carbocycles. The number of nitrogens with one attached hydrogen (secondary N) is 2. The first-order valence-corrected chi connectivity index (χ1v) is 13.9. The molecule has 5 rings (SSSR count). The molecule has 0 spiro atoms. The number of urea groups is 1. The van der Waals surface area contributed by atoms with E-state index in [1.807, 2.05) is 0 Å². The van der Waals surface area contributed by atoms with E-state index in [0.29, 0.717) is 34.8 Å². The van der Waals surface area contributed by atoms with Crippen LogP contribution in [0.2, 0.25) is 0 Å². The molecule has 0 bridgehead atoms. The molecular weight excluding hydrogens is 539 g/mol. The van der Waals surface area contributed by atoms with Crippen molar-refractivity contribution in [3.8, 4) is 23.0 Å². The predicted molar refractivity (Wildman–Crippen MR) is 159 cm³/mol. The number of piperidine rings is 1. The first-order valence-electron chi connectivity index (χ1n) is 13.9. The van der Waals surface area contributed by atoms with Gasteiger partial charge in [-0.15, -0.1) is 0 Å². The summed E-state index contributed by atoms with van der Waals surface area (Å²) < 4.78 is 32.5. The van der Waals surface area contributed by atoms with E-state index in [1.165, 1.54) is 43.7 Å². The number of likely N-dealkylation sites (tertiary alicyclic amines) is 1. The van der Waals surface area contributed by atoms with Crippen molar-refractivity contribution in [2.24, 2.45) is 5.10 Å². The Morgan fingerprint density at radius 1 is 1.05 bits per heavy atom. The van der Waals surface area contributed by atoms with Crippen LogP contribution in [0, 0.1) is 5.82 Å². The van der Waals surface area contributed by atoms with Crippen LogP contribution >= 0.6 is 0 Å². The highest BCUT2D eigenvalue weighted by Gasteiger charge is 2.15. The van der Waals surface area contributed by atoms with E-state index in [9.17, 15) is 9.18 Å². The van der Waals surface area contributed by atoms with E-state index < -0.39 is 11.8 Å². The molecule has 3 heterocycles. The molecule has 0 atom stereocenters. The van der Waals surface area contributed by atoms with E-state index in [-0.39, 0.29) is 11.4 Å². The summed E-state index contributed by atoms with van der Waals surface area (Å²) >= 11 is 0. The highest BCUT2D eigenvalue weighted by Crippen LogP contribution is 2.38. The predicted octanol–water partition coefficient (Wildman–Crippen LogP) is 5.98. The van der Waals surface area contributed by atoms with Gasteiger partial charge in [0.25, 0.3) is 0 Å². The number of nitrogens with zero attached hydrogens (tertiary/aromatic N) is 4. The molecule has 2 aromatic heterocycles. The summed E-state index contributed by atoms with van der Waals surface area (Å²) in [5.74, 6) is 0.864. The maximum Gasteiger partial charge on any atom is 0.339 e. The summed E-state index contributed by atoms with van der Waals surface area (Å²) in [7, 11) is 1.57. The van der Waals surface area contributed by atoms with Gasteiger partial charge < -0.3 is 24.4 Å². The lowest BCUT2D eigenvalue weighted by atomic mass is 10.1. The number of carbonyl (C=O) groups excluding carboxylic acids is 1. The molecule has 2 N–H and O–H groups in total. The zero-order valence-electron chi connectivity index (χ0n) is 23.4. The molecule has 1 fully saturated rings. The fraction of sp³-hybridized carbons (Fsp3) is 0.290. The lowest BCUT2D eigenvalue weighted by Gasteiger charge is -2.26. The lowest BCUT2D eigenvalue weighted by molar-refractivity contribution is 0.203. The number of rotatable bonds is 11. The number of halogens is 1. The summed E-state index contributed by atoms with van der Waals surface area (Å²) in [4.78, 5) is 23.0. The normalized spacial score (nSPS) is 13.7. The zero-order chi connectivity index (χ0) is 29.1. The third-order valence-electron chi connectivity index (χ3n) is 6.79. The molecule has 2 amide bonds. The number of hydrogen-bond donors (Lipinski definition) is 2. The number of hydrazone groups is 1. The first-order chi connectivity index (χ1) is 20.6. The van der Waals surface area contributed by atoms with Crippen LogP contribution < -0.4 is 25.0 Å². The Balaban J connectivity index is 1.21. The fourth-order valence-electron chi connectivity index (χ4n) is 4.70. The average molecular weight is 573 g/mol. The summed E-state index contributed by atoms with van der Waals surface area (Å²) in [6.45, 7) is 3.89. The third-order valence-corrected chi connectivity index (χ3v) is 6.79. The molecule has 1 aliphatic heterocycles. The number of hydrogen-bond acceptors (Lipinski definition) is 8. The Labute approximate surface area is 243 Å². The Hall–Kier alpha value is -4.77. The van der Waals surface area contributed by atoms with Crippen molar-refractivity contribution >= 4 is 28.8 Å². The van der Waals surface area contributed by atoms with Gasteiger partial charge in [0.2, 0.25) is 0 Å². The maximum absolute atomic E-state index is 15.0. The summed E-state index contributed by atoms with van der Waals surface area (Å²) in [5.41, 5.74) is 3.91. The van der Waals surface area contributed by atoms with Crippen molar-refractivity contribution in [3.05, 3.63) is 78.5 Å². The minimum atomic E-state index is -0.655. The minimum Gasteiger partial charge on any atom is -0.493 e. The van der Waals surface area contributed by atoms with E-state index in [4.69, 9.17) is 14.2 Å². The monoisotopic (exact) mass is 572 g/mol. The molecule has 0 radical (unpaired) electrons. The van der Waals surface area contributed by atoms with E-state index >= 15 is 0 Å².